The van der Waals surface area contributed by atoms with Crippen LogP contribution < -0.4 is 4.74 Å². The second-order valence-electron chi connectivity index (χ2n) is 4.38. The molecule has 7 heteroatoms. The quantitative estimate of drug-likeness (QED) is 0.905. The molecule has 5 nitrogen and oxygen atoms in total. The van der Waals surface area contributed by atoms with Gasteiger partial charge in [0.15, 0.2) is 0 Å². The fourth-order valence-corrected chi connectivity index (χ4v) is 1.94. The molecule has 1 aliphatic heterocycles. The average Bonchev–Trinajstić information content (AvgIpc) is 2.63. The largest absolute Gasteiger partial charge is 0.435 e. The first-order valence-corrected chi connectivity index (χ1v) is 6.16. The van der Waals surface area contributed by atoms with E-state index < -0.39 is 12.7 Å². The Hall–Kier alpha value is -1.73. The van der Waals surface area contributed by atoms with Crippen molar-refractivity contribution in [1.82, 2.24) is 4.90 Å². The lowest BCUT2D eigenvalue weighted by Crippen LogP contribution is -2.37. The zero-order valence-corrected chi connectivity index (χ0v) is 10.7. The first-order chi connectivity index (χ1) is 9.56. The number of ether oxygens (including phenoxy) is 2. The molecule has 1 aliphatic rings. The third kappa shape index (κ3) is 3.88. The van der Waals surface area contributed by atoms with Crippen molar-refractivity contribution in [3.63, 3.8) is 0 Å². The number of halogens is 2. The Morgan fingerprint density at radius 2 is 2.10 bits per heavy atom. The van der Waals surface area contributed by atoms with Crippen molar-refractivity contribution in [2.24, 2.45) is 0 Å². The van der Waals surface area contributed by atoms with Crippen LogP contribution in [0, 0.1) is 0 Å². The van der Waals surface area contributed by atoms with E-state index in [0.29, 0.717) is 18.7 Å². The Bertz CT molecular complexity index is 452. The molecule has 110 valence electrons. The lowest BCUT2D eigenvalue weighted by Gasteiger charge is -2.21. The highest BCUT2D eigenvalue weighted by molar-refractivity contribution is 5.94. The molecule has 1 fully saturated rings. The Labute approximate surface area is 114 Å². The summed E-state index contributed by atoms with van der Waals surface area (Å²) < 4.78 is 33.4. The molecule has 0 saturated carbocycles. The predicted molar refractivity (Wildman–Crippen MR) is 65.8 cm³/mol. The van der Waals surface area contributed by atoms with E-state index in [1.54, 1.807) is 0 Å². The number of hydrogen-bond donors (Lipinski definition) is 1. The molecule has 1 aromatic rings. The molecule has 0 radical (unpaired) electrons. The molecular formula is C13H15F2NO4. The normalized spacial score (nSPS) is 19.8. The monoisotopic (exact) mass is 287 g/mol. The summed E-state index contributed by atoms with van der Waals surface area (Å²) in [5.74, 6) is -0.283. The van der Waals surface area contributed by atoms with Gasteiger partial charge in [0.05, 0.1) is 19.3 Å². The summed E-state index contributed by atoms with van der Waals surface area (Å²) in [6, 6.07) is 5.45. The number of aliphatic hydroxyl groups is 1. The minimum atomic E-state index is -2.89. The number of benzene rings is 1. The number of hydrogen-bond acceptors (Lipinski definition) is 4. The molecule has 1 atom stereocenters. The van der Waals surface area contributed by atoms with E-state index in [1.165, 1.54) is 29.2 Å². The zero-order chi connectivity index (χ0) is 14.5. The van der Waals surface area contributed by atoms with Gasteiger partial charge >= 0.3 is 6.61 Å². The molecule has 0 aliphatic carbocycles. The van der Waals surface area contributed by atoms with Gasteiger partial charge in [0.1, 0.15) is 5.75 Å². The second kappa shape index (κ2) is 6.62. The SMILES string of the molecule is O=C(c1ccc(OC(F)F)cc1)N1CCOCC(O)C1. The molecule has 20 heavy (non-hydrogen) atoms. The van der Waals surface area contributed by atoms with Crippen molar-refractivity contribution >= 4 is 5.91 Å². The first kappa shape index (κ1) is 14.7. The molecule has 1 amide bonds. The standard InChI is InChI=1S/C13H15F2NO4/c14-13(15)20-11-3-1-9(2-4-11)12(18)16-5-6-19-8-10(17)7-16/h1-4,10,13,17H,5-8H2. The van der Waals surface area contributed by atoms with Gasteiger partial charge in [-0.1, -0.05) is 0 Å². The second-order valence-corrected chi connectivity index (χ2v) is 4.38. The smallest absolute Gasteiger partial charge is 0.387 e. The topological polar surface area (TPSA) is 59.0 Å². The third-order valence-electron chi connectivity index (χ3n) is 2.86. The van der Waals surface area contributed by atoms with Crippen LogP contribution in [-0.2, 0) is 4.74 Å². The summed E-state index contributed by atoms with van der Waals surface area (Å²) in [4.78, 5) is 13.7. The van der Waals surface area contributed by atoms with Crippen molar-refractivity contribution in [2.75, 3.05) is 26.3 Å². The van der Waals surface area contributed by atoms with Gasteiger partial charge in [-0.3, -0.25) is 4.79 Å². The molecule has 1 unspecified atom stereocenters. The van der Waals surface area contributed by atoms with Gasteiger partial charge < -0.3 is 19.5 Å². The van der Waals surface area contributed by atoms with E-state index in [2.05, 4.69) is 4.74 Å². The summed E-state index contributed by atoms with van der Waals surface area (Å²) in [6.45, 7) is -1.77. The number of carbonyl (C=O) groups is 1. The number of aliphatic hydroxyl groups excluding tert-OH is 1. The fourth-order valence-electron chi connectivity index (χ4n) is 1.94. The van der Waals surface area contributed by atoms with Crippen molar-refractivity contribution in [3.8, 4) is 5.75 Å². The minimum Gasteiger partial charge on any atom is -0.435 e. The number of carbonyl (C=O) groups excluding carboxylic acids is 1. The molecule has 1 aromatic carbocycles. The van der Waals surface area contributed by atoms with Gasteiger partial charge in [0.25, 0.3) is 5.91 Å². The molecule has 0 bridgehead atoms. The molecule has 1 saturated heterocycles. The van der Waals surface area contributed by atoms with Crippen molar-refractivity contribution < 1.29 is 28.2 Å². The first-order valence-electron chi connectivity index (χ1n) is 6.16. The van der Waals surface area contributed by atoms with E-state index in [1.807, 2.05) is 0 Å². The Morgan fingerprint density at radius 1 is 1.40 bits per heavy atom. The number of β-amino-alcohol motifs (C(OH)–C–C–N with tert-alkyl or cyclic N) is 1. The maximum Gasteiger partial charge on any atom is 0.387 e. The van der Waals surface area contributed by atoms with E-state index in [9.17, 15) is 18.7 Å². The molecule has 0 spiro atoms. The third-order valence-corrected chi connectivity index (χ3v) is 2.86. The lowest BCUT2D eigenvalue weighted by atomic mass is 10.2. The summed E-state index contributed by atoms with van der Waals surface area (Å²) in [7, 11) is 0. The van der Waals surface area contributed by atoms with Crippen molar-refractivity contribution in [1.29, 1.82) is 0 Å². The predicted octanol–water partition coefficient (Wildman–Crippen LogP) is 1.12. The van der Waals surface area contributed by atoms with Gasteiger partial charge in [-0.05, 0) is 24.3 Å². The summed E-state index contributed by atoms with van der Waals surface area (Å²) in [6.07, 6.45) is -0.720. The van der Waals surface area contributed by atoms with Crippen LogP contribution in [0.3, 0.4) is 0 Å². The fraction of sp³-hybridized carbons (Fsp3) is 0.462. The van der Waals surface area contributed by atoms with Gasteiger partial charge in [0.2, 0.25) is 0 Å². The minimum absolute atomic E-state index is 0.00390. The van der Waals surface area contributed by atoms with Gasteiger partial charge in [0, 0.05) is 18.7 Å². The zero-order valence-electron chi connectivity index (χ0n) is 10.7. The number of rotatable bonds is 3. The van der Waals surface area contributed by atoms with E-state index in [0.717, 1.165) is 0 Å². The highest BCUT2D eigenvalue weighted by atomic mass is 19.3. The van der Waals surface area contributed by atoms with Gasteiger partial charge in [-0.2, -0.15) is 8.78 Å². The number of alkyl halides is 2. The van der Waals surface area contributed by atoms with Crippen LogP contribution in [0.15, 0.2) is 24.3 Å². The highest BCUT2D eigenvalue weighted by Crippen LogP contribution is 2.16. The summed E-state index contributed by atoms with van der Waals surface area (Å²) >= 11 is 0. The molecule has 2 rings (SSSR count). The molecule has 0 aromatic heterocycles. The highest BCUT2D eigenvalue weighted by Gasteiger charge is 2.22. The number of nitrogens with zero attached hydrogens (tertiary/aromatic N) is 1. The van der Waals surface area contributed by atoms with Crippen LogP contribution in [0.1, 0.15) is 10.4 Å². The van der Waals surface area contributed by atoms with E-state index in [4.69, 9.17) is 4.74 Å². The van der Waals surface area contributed by atoms with Crippen LogP contribution in [0.4, 0.5) is 8.78 Å². The average molecular weight is 287 g/mol. The van der Waals surface area contributed by atoms with Crippen LogP contribution in [-0.4, -0.2) is 54.9 Å². The Kier molecular flexibility index (Phi) is 4.86. The van der Waals surface area contributed by atoms with Crippen LogP contribution in [0.5, 0.6) is 5.75 Å². The lowest BCUT2D eigenvalue weighted by molar-refractivity contribution is -0.0498. The van der Waals surface area contributed by atoms with Crippen molar-refractivity contribution in [2.45, 2.75) is 12.7 Å². The van der Waals surface area contributed by atoms with Crippen molar-refractivity contribution in [3.05, 3.63) is 29.8 Å². The van der Waals surface area contributed by atoms with Crippen LogP contribution >= 0.6 is 0 Å². The number of amides is 1. The summed E-state index contributed by atoms with van der Waals surface area (Å²) in [5.41, 5.74) is 0.348. The molecule has 1 heterocycles. The molecule has 1 N–H and O–H groups in total. The maximum absolute atomic E-state index is 12.2. The molecular weight excluding hydrogens is 272 g/mol. The van der Waals surface area contributed by atoms with Crippen LogP contribution in [0.25, 0.3) is 0 Å². The Morgan fingerprint density at radius 3 is 2.75 bits per heavy atom. The Balaban J connectivity index is 2.04. The van der Waals surface area contributed by atoms with Crippen LogP contribution in [0.2, 0.25) is 0 Å². The maximum atomic E-state index is 12.2. The van der Waals surface area contributed by atoms with Gasteiger partial charge in [-0.25, -0.2) is 0 Å². The van der Waals surface area contributed by atoms with E-state index >= 15 is 0 Å². The van der Waals surface area contributed by atoms with Gasteiger partial charge in [-0.15, -0.1) is 0 Å². The van der Waals surface area contributed by atoms with E-state index in [-0.39, 0.29) is 24.8 Å². The summed E-state index contributed by atoms with van der Waals surface area (Å²) in [5, 5.41) is 9.58.